The van der Waals surface area contributed by atoms with E-state index in [0.717, 1.165) is 22.7 Å². The fourth-order valence-electron chi connectivity index (χ4n) is 3.05. The highest BCUT2D eigenvalue weighted by Crippen LogP contribution is 2.24. The van der Waals surface area contributed by atoms with Gasteiger partial charge in [0.1, 0.15) is 0 Å². The molecule has 22 heavy (non-hydrogen) atoms. The molecule has 1 fully saturated rings. The standard InChI is InChI=1S/C18H20N4/c1-13-4-9-16-17(12-13)21-18(20-16)19-14-5-7-15(8-6-14)22-10-2-3-11-22/h4-9,12H,2-3,10-11H2,1H3,(H2,19,20,21). The van der Waals surface area contributed by atoms with Crippen LogP contribution in [0.2, 0.25) is 0 Å². The van der Waals surface area contributed by atoms with Crippen molar-refractivity contribution < 1.29 is 0 Å². The van der Waals surface area contributed by atoms with Crippen LogP contribution in [-0.2, 0) is 0 Å². The lowest BCUT2D eigenvalue weighted by atomic mass is 10.2. The zero-order chi connectivity index (χ0) is 14.9. The normalized spacial score (nSPS) is 14.7. The summed E-state index contributed by atoms with van der Waals surface area (Å²) in [7, 11) is 0. The summed E-state index contributed by atoms with van der Waals surface area (Å²) in [5, 5.41) is 3.35. The van der Waals surface area contributed by atoms with Crippen LogP contribution in [0.5, 0.6) is 0 Å². The van der Waals surface area contributed by atoms with Gasteiger partial charge in [-0.25, -0.2) is 4.98 Å². The van der Waals surface area contributed by atoms with Gasteiger partial charge in [0.25, 0.3) is 0 Å². The minimum atomic E-state index is 0.787. The SMILES string of the molecule is Cc1ccc2nc(Nc3ccc(N4CCCC4)cc3)[nH]c2c1. The Hall–Kier alpha value is -2.49. The number of rotatable bonds is 3. The molecule has 4 rings (SSSR count). The van der Waals surface area contributed by atoms with Crippen LogP contribution in [0.15, 0.2) is 42.5 Å². The molecule has 0 amide bonds. The highest BCUT2D eigenvalue weighted by Gasteiger charge is 2.12. The first kappa shape index (κ1) is 13.2. The van der Waals surface area contributed by atoms with Gasteiger partial charge in [-0.15, -0.1) is 0 Å². The smallest absolute Gasteiger partial charge is 0.205 e. The van der Waals surface area contributed by atoms with Gasteiger partial charge in [-0.3, -0.25) is 0 Å². The van der Waals surface area contributed by atoms with Crippen LogP contribution in [0.4, 0.5) is 17.3 Å². The summed E-state index contributed by atoms with van der Waals surface area (Å²) in [6, 6.07) is 14.8. The van der Waals surface area contributed by atoms with Crippen molar-refractivity contribution in [3.63, 3.8) is 0 Å². The Kier molecular flexibility index (Phi) is 3.22. The van der Waals surface area contributed by atoms with Crippen molar-refractivity contribution >= 4 is 28.4 Å². The molecule has 1 aliphatic heterocycles. The molecule has 2 aromatic carbocycles. The van der Waals surface area contributed by atoms with Crippen LogP contribution in [0.25, 0.3) is 11.0 Å². The quantitative estimate of drug-likeness (QED) is 0.760. The van der Waals surface area contributed by atoms with Gasteiger partial charge in [0.2, 0.25) is 5.95 Å². The van der Waals surface area contributed by atoms with E-state index in [2.05, 4.69) is 63.5 Å². The summed E-state index contributed by atoms with van der Waals surface area (Å²) >= 11 is 0. The third kappa shape index (κ3) is 2.52. The largest absolute Gasteiger partial charge is 0.372 e. The van der Waals surface area contributed by atoms with E-state index >= 15 is 0 Å². The lowest BCUT2D eigenvalue weighted by Gasteiger charge is -2.17. The van der Waals surface area contributed by atoms with Gasteiger partial charge >= 0.3 is 0 Å². The minimum Gasteiger partial charge on any atom is -0.372 e. The fourth-order valence-corrected chi connectivity index (χ4v) is 3.05. The van der Waals surface area contributed by atoms with Crippen molar-refractivity contribution in [1.82, 2.24) is 9.97 Å². The molecule has 4 heteroatoms. The maximum Gasteiger partial charge on any atom is 0.205 e. The van der Waals surface area contributed by atoms with E-state index in [4.69, 9.17) is 0 Å². The number of anilines is 3. The number of hydrogen-bond acceptors (Lipinski definition) is 3. The van der Waals surface area contributed by atoms with Gasteiger partial charge in [-0.2, -0.15) is 0 Å². The Morgan fingerprint density at radius 2 is 1.82 bits per heavy atom. The number of aryl methyl sites for hydroxylation is 1. The molecule has 1 aromatic heterocycles. The lowest BCUT2D eigenvalue weighted by molar-refractivity contribution is 0.949. The molecule has 2 N–H and O–H groups in total. The number of hydrogen-bond donors (Lipinski definition) is 2. The van der Waals surface area contributed by atoms with Crippen molar-refractivity contribution in [2.24, 2.45) is 0 Å². The fraction of sp³-hybridized carbons (Fsp3) is 0.278. The summed E-state index contributed by atoms with van der Waals surface area (Å²) in [6.45, 7) is 4.44. The summed E-state index contributed by atoms with van der Waals surface area (Å²) in [6.07, 6.45) is 2.61. The van der Waals surface area contributed by atoms with Gasteiger partial charge < -0.3 is 15.2 Å². The summed E-state index contributed by atoms with van der Waals surface area (Å²) in [5.41, 5.74) is 5.65. The third-order valence-corrected chi connectivity index (χ3v) is 4.24. The molecule has 0 radical (unpaired) electrons. The maximum atomic E-state index is 4.57. The first-order valence-corrected chi connectivity index (χ1v) is 7.86. The molecule has 1 aliphatic rings. The molecular formula is C18H20N4. The van der Waals surface area contributed by atoms with E-state index in [1.807, 2.05) is 6.07 Å². The van der Waals surface area contributed by atoms with E-state index in [-0.39, 0.29) is 0 Å². The number of fused-ring (bicyclic) bond motifs is 1. The number of benzene rings is 2. The first-order valence-electron chi connectivity index (χ1n) is 7.86. The van der Waals surface area contributed by atoms with E-state index in [9.17, 15) is 0 Å². The topological polar surface area (TPSA) is 44.0 Å². The van der Waals surface area contributed by atoms with Gasteiger partial charge in [0.05, 0.1) is 11.0 Å². The van der Waals surface area contributed by atoms with Crippen molar-refractivity contribution in [2.45, 2.75) is 19.8 Å². The molecule has 4 nitrogen and oxygen atoms in total. The average molecular weight is 292 g/mol. The Bertz CT molecular complexity index is 782. The molecule has 0 unspecified atom stereocenters. The molecule has 1 saturated heterocycles. The van der Waals surface area contributed by atoms with Crippen LogP contribution >= 0.6 is 0 Å². The second-order valence-corrected chi connectivity index (χ2v) is 5.97. The highest BCUT2D eigenvalue weighted by atomic mass is 15.1. The van der Waals surface area contributed by atoms with Crippen molar-refractivity contribution in [2.75, 3.05) is 23.3 Å². The molecule has 112 valence electrons. The highest BCUT2D eigenvalue weighted by molar-refractivity contribution is 5.79. The summed E-state index contributed by atoms with van der Waals surface area (Å²) in [4.78, 5) is 10.3. The van der Waals surface area contributed by atoms with Crippen molar-refractivity contribution in [3.05, 3.63) is 48.0 Å². The predicted molar refractivity (Wildman–Crippen MR) is 92.0 cm³/mol. The number of nitrogens with zero attached hydrogens (tertiary/aromatic N) is 2. The molecule has 0 spiro atoms. The molecule has 0 aliphatic carbocycles. The Balaban J connectivity index is 1.54. The van der Waals surface area contributed by atoms with Gasteiger partial charge in [0, 0.05) is 24.5 Å². The minimum absolute atomic E-state index is 0.787. The van der Waals surface area contributed by atoms with Crippen LogP contribution in [-0.4, -0.2) is 23.1 Å². The van der Waals surface area contributed by atoms with E-state index < -0.39 is 0 Å². The summed E-state index contributed by atoms with van der Waals surface area (Å²) in [5.74, 6) is 0.787. The van der Waals surface area contributed by atoms with Gasteiger partial charge in [0.15, 0.2) is 0 Å². The second kappa shape index (κ2) is 5.37. The van der Waals surface area contributed by atoms with Gasteiger partial charge in [-0.05, 0) is 61.7 Å². The van der Waals surface area contributed by atoms with Crippen LogP contribution in [0.1, 0.15) is 18.4 Å². The lowest BCUT2D eigenvalue weighted by Crippen LogP contribution is -2.17. The number of H-pyrrole nitrogens is 1. The Morgan fingerprint density at radius 1 is 1.05 bits per heavy atom. The van der Waals surface area contributed by atoms with Crippen molar-refractivity contribution in [1.29, 1.82) is 0 Å². The van der Waals surface area contributed by atoms with E-state index in [1.54, 1.807) is 0 Å². The Morgan fingerprint density at radius 3 is 2.59 bits per heavy atom. The summed E-state index contributed by atoms with van der Waals surface area (Å²) < 4.78 is 0. The number of imidazole rings is 1. The van der Waals surface area contributed by atoms with Crippen LogP contribution < -0.4 is 10.2 Å². The molecule has 3 aromatic rings. The molecule has 0 bridgehead atoms. The molecular weight excluding hydrogens is 272 g/mol. The first-order chi connectivity index (χ1) is 10.8. The monoisotopic (exact) mass is 292 g/mol. The average Bonchev–Trinajstić information content (AvgIpc) is 3.16. The molecule has 2 heterocycles. The Labute approximate surface area is 130 Å². The zero-order valence-electron chi connectivity index (χ0n) is 12.8. The third-order valence-electron chi connectivity index (χ3n) is 4.24. The maximum absolute atomic E-state index is 4.57. The molecule has 0 saturated carbocycles. The zero-order valence-corrected chi connectivity index (χ0v) is 12.8. The molecule has 0 atom stereocenters. The second-order valence-electron chi connectivity index (χ2n) is 5.97. The van der Waals surface area contributed by atoms with E-state index in [1.165, 1.54) is 37.2 Å². The predicted octanol–water partition coefficient (Wildman–Crippen LogP) is 4.22. The number of aromatic amines is 1. The van der Waals surface area contributed by atoms with Crippen LogP contribution in [0, 0.1) is 6.92 Å². The number of aromatic nitrogens is 2. The van der Waals surface area contributed by atoms with Crippen molar-refractivity contribution in [3.8, 4) is 0 Å². The van der Waals surface area contributed by atoms with Gasteiger partial charge in [-0.1, -0.05) is 6.07 Å². The van der Waals surface area contributed by atoms with E-state index in [0.29, 0.717) is 0 Å². The van der Waals surface area contributed by atoms with Crippen LogP contribution in [0.3, 0.4) is 0 Å². The number of nitrogens with one attached hydrogen (secondary N) is 2.